The molecule has 0 saturated carbocycles. The van der Waals surface area contributed by atoms with Gasteiger partial charge in [0, 0.05) is 21.5 Å². The molecule has 0 saturated heterocycles. The van der Waals surface area contributed by atoms with E-state index in [0.717, 1.165) is 26.9 Å². The van der Waals surface area contributed by atoms with Crippen LogP contribution in [0.25, 0.3) is 43.1 Å². The molecule has 0 heterocycles. The summed E-state index contributed by atoms with van der Waals surface area (Å²) in [5.41, 5.74) is 0.000926. The molecule has 0 aliphatic rings. The van der Waals surface area contributed by atoms with Crippen molar-refractivity contribution in [3.05, 3.63) is 130 Å². The standard InChI is InChI=1S/C16H12O2.C15H10O2.4C2H6.2CH4/c1-18-13-9-8-12-7-6-11-4-2-3-5-14(11)16(17)15(12)10-13;16-12-8-7-11-6-5-10-3-1-2-4-13(10)15(17)14(11)9-12;4*1-2;;/h2-10H,1H3;1-9,16H;4*1-2H3;2*1H4. The van der Waals surface area contributed by atoms with E-state index in [0.29, 0.717) is 21.9 Å². The van der Waals surface area contributed by atoms with Crippen molar-refractivity contribution in [1.29, 1.82) is 0 Å². The van der Waals surface area contributed by atoms with Crippen molar-refractivity contribution in [3.63, 3.8) is 0 Å². The molecule has 6 aromatic carbocycles. The molecule has 45 heavy (non-hydrogen) atoms. The lowest BCUT2D eigenvalue weighted by Crippen LogP contribution is -1.98. The zero-order valence-electron chi connectivity index (χ0n) is 27.1. The predicted molar refractivity (Wildman–Crippen MR) is 203 cm³/mol. The monoisotopic (exact) mass is 610 g/mol. The van der Waals surface area contributed by atoms with Gasteiger partial charge in [0.15, 0.2) is 10.9 Å². The van der Waals surface area contributed by atoms with Gasteiger partial charge in [-0.1, -0.05) is 155 Å². The Hall–Kier alpha value is -4.70. The third-order valence-corrected chi connectivity index (χ3v) is 6.08. The minimum atomic E-state index is -0.0449. The van der Waals surface area contributed by atoms with E-state index < -0.39 is 0 Å². The maximum Gasteiger partial charge on any atom is 0.194 e. The molecule has 0 unspecified atom stereocenters. The number of aromatic hydroxyl groups is 1. The first kappa shape index (κ1) is 42.4. The number of phenolic OH excluding ortho intramolecular Hbond substituents is 1. The van der Waals surface area contributed by atoms with Crippen molar-refractivity contribution in [2.75, 3.05) is 7.11 Å². The second kappa shape index (κ2) is 22.8. The van der Waals surface area contributed by atoms with Crippen molar-refractivity contribution in [2.24, 2.45) is 0 Å². The highest BCUT2D eigenvalue weighted by Crippen LogP contribution is 2.21. The summed E-state index contributed by atoms with van der Waals surface area (Å²) in [6.45, 7) is 16.0. The van der Waals surface area contributed by atoms with Gasteiger partial charge in [-0.15, -0.1) is 0 Å². The molecule has 6 aromatic rings. The molecule has 1 N–H and O–H groups in total. The van der Waals surface area contributed by atoms with E-state index in [1.807, 2.05) is 134 Å². The molecule has 0 aromatic heterocycles. The summed E-state index contributed by atoms with van der Waals surface area (Å²) in [5, 5.41) is 15.7. The van der Waals surface area contributed by atoms with Crippen LogP contribution < -0.4 is 15.6 Å². The number of benzene rings is 4. The predicted octanol–water partition coefficient (Wildman–Crippen LogP) is 11.8. The zero-order chi connectivity index (χ0) is 32.4. The second-order valence-electron chi connectivity index (χ2n) is 8.22. The summed E-state index contributed by atoms with van der Waals surface area (Å²) in [6, 6.07) is 33.3. The van der Waals surface area contributed by atoms with Gasteiger partial charge in [-0.05, 0) is 45.8 Å². The maximum absolute atomic E-state index is 12.5. The van der Waals surface area contributed by atoms with Crippen LogP contribution in [0.5, 0.6) is 11.5 Å². The van der Waals surface area contributed by atoms with Gasteiger partial charge in [-0.25, -0.2) is 0 Å². The van der Waals surface area contributed by atoms with Crippen LogP contribution in [0, 0.1) is 0 Å². The third-order valence-electron chi connectivity index (χ3n) is 6.08. The highest BCUT2D eigenvalue weighted by molar-refractivity contribution is 5.94. The fourth-order valence-corrected chi connectivity index (χ4v) is 4.24. The Morgan fingerprint density at radius 1 is 0.444 bits per heavy atom. The SMILES string of the molecule is C.C.CC.CC.CC.CC.COc1ccc2ccc3ccccc3c(=O)c2c1.O=c1c2ccccc2ccc2ccc(O)cc12. The van der Waals surface area contributed by atoms with Crippen LogP contribution in [-0.2, 0) is 0 Å². The highest BCUT2D eigenvalue weighted by Gasteiger charge is 2.04. The van der Waals surface area contributed by atoms with Gasteiger partial charge >= 0.3 is 0 Å². The minimum absolute atomic E-state index is 0. The van der Waals surface area contributed by atoms with Gasteiger partial charge in [0.2, 0.25) is 0 Å². The van der Waals surface area contributed by atoms with Crippen LogP contribution in [0.3, 0.4) is 0 Å². The second-order valence-corrected chi connectivity index (χ2v) is 8.22. The highest BCUT2D eigenvalue weighted by atomic mass is 16.5. The van der Waals surface area contributed by atoms with E-state index in [1.165, 1.54) is 6.07 Å². The molecule has 0 radical (unpaired) electrons. The van der Waals surface area contributed by atoms with Crippen LogP contribution in [0.2, 0.25) is 0 Å². The molecule has 6 rings (SSSR count). The quantitative estimate of drug-likeness (QED) is 0.201. The molecule has 4 heteroatoms. The van der Waals surface area contributed by atoms with Crippen LogP contribution in [0.4, 0.5) is 0 Å². The summed E-state index contributed by atoms with van der Waals surface area (Å²) in [5.74, 6) is 0.819. The molecule has 0 fully saturated rings. The van der Waals surface area contributed by atoms with Crippen LogP contribution in [0.1, 0.15) is 70.2 Å². The van der Waals surface area contributed by atoms with Crippen molar-refractivity contribution >= 4 is 43.1 Å². The van der Waals surface area contributed by atoms with Gasteiger partial charge < -0.3 is 9.84 Å². The lowest BCUT2D eigenvalue weighted by atomic mass is 10.1. The molecule has 4 nitrogen and oxygen atoms in total. The fourth-order valence-electron chi connectivity index (χ4n) is 4.24. The number of methoxy groups -OCH3 is 1. The number of rotatable bonds is 1. The number of hydrogen-bond donors (Lipinski definition) is 1. The number of phenols is 1. The van der Waals surface area contributed by atoms with Gasteiger partial charge in [0.25, 0.3) is 0 Å². The number of hydrogen-bond acceptors (Lipinski definition) is 4. The Bertz CT molecular complexity index is 1840. The molecule has 0 aliphatic carbocycles. The minimum Gasteiger partial charge on any atom is -0.508 e. The Kier molecular flexibility index (Phi) is 21.5. The first-order chi connectivity index (χ1) is 21.0. The van der Waals surface area contributed by atoms with Gasteiger partial charge in [-0.2, -0.15) is 0 Å². The zero-order valence-corrected chi connectivity index (χ0v) is 27.1. The topological polar surface area (TPSA) is 63.6 Å². The number of fused-ring (bicyclic) bond motifs is 4. The van der Waals surface area contributed by atoms with Gasteiger partial charge in [-0.3, -0.25) is 9.59 Å². The fraction of sp³-hybridized carbons (Fsp3) is 0.268. The Morgan fingerprint density at radius 2 is 0.778 bits per heavy atom. The lowest BCUT2D eigenvalue weighted by Gasteiger charge is -1.99. The molecule has 0 atom stereocenters. The van der Waals surface area contributed by atoms with Crippen LogP contribution >= 0.6 is 0 Å². The molecule has 0 amide bonds. The average molecular weight is 611 g/mol. The largest absolute Gasteiger partial charge is 0.508 e. The van der Waals surface area contributed by atoms with Gasteiger partial charge in [0.1, 0.15) is 11.5 Å². The Labute approximate surface area is 271 Å². The summed E-state index contributed by atoms with van der Waals surface area (Å²) in [4.78, 5) is 24.8. The first-order valence-corrected chi connectivity index (χ1v) is 15.2. The summed E-state index contributed by atoms with van der Waals surface area (Å²) in [6.07, 6.45) is 0. The maximum atomic E-state index is 12.5. The average Bonchev–Trinajstić information content (AvgIpc) is 3.32. The van der Waals surface area contributed by atoms with Crippen LogP contribution in [-0.4, -0.2) is 12.2 Å². The van der Waals surface area contributed by atoms with Crippen molar-refractivity contribution in [1.82, 2.24) is 0 Å². The molecular weight excluding hydrogens is 556 g/mol. The van der Waals surface area contributed by atoms with Crippen LogP contribution in [0.15, 0.2) is 119 Å². The first-order valence-electron chi connectivity index (χ1n) is 15.2. The van der Waals surface area contributed by atoms with Crippen molar-refractivity contribution in [3.8, 4) is 11.5 Å². The smallest absolute Gasteiger partial charge is 0.194 e. The third kappa shape index (κ3) is 10.8. The molecule has 0 spiro atoms. The molecule has 0 aliphatic heterocycles. The van der Waals surface area contributed by atoms with Crippen molar-refractivity contribution in [2.45, 2.75) is 70.2 Å². The summed E-state index contributed by atoms with van der Waals surface area (Å²) < 4.78 is 5.18. The lowest BCUT2D eigenvalue weighted by molar-refractivity contribution is 0.415. The Morgan fingerprint density at radius 3 is 1.20 bits per heavy atom. The molecular formula is C41H54O4. The van der Waals surface area contributed by atoms with Gasteiger partial charge in [0.05, 0.1) is 7.11 Å². The van der Waals surface area contributed by atoms with E-state index >= 15 is 0 Å². The van der Waals surface area contributed by atoms with E-state index in [4.69, 9.17) is 4.74 Å². The Balaban J connectivity index is 0. The van der Waals surface area contributed by atoms with E-state index in [1.54, 1.807) is 31.4 Å². The number of ether oxygens (including phenoxy) is 1. The molecule has 0 bridgehead atoms. The summed E-state index contributed by atoms with van der Waals surface area (Å²) >= 11 is 0. The normalized spacial score (nSPS) is 8.91. The summed E-state index contributed by atoms with van der Waals surface area (Å²) in [7, 11) is 1.60. The van der Waals surface area contributed by atoms with E-state index in [9.17, 15) is 14.7 Å². The van der Waals surface area contributed by atoms with E-state index in [2.05, 4.69) is 0 Å². The molecule has 242 valence electrons. The van der Waals surface area contributed by atoms with E-state index in [-0.39, 0.29) is 31.5 Å². The van der Waals surface area contributed by atoms with Crippen molar-refractivity contribution < 1.29 is 9.84 Å².